The van der Waals surface area contributed by atoms with Gasteiger partial charge >= 0.3 is 6.09 Å². The van der Waals surface area contributed by atoms with Gasteiger partial charge in [-0.05, 0) is 18.6 Å². The Labute approximate surface area is 145 Å². The number of amides is 1. The fourth-order valence-electron chi connectivity index (χ4n) is 2.91. The molecule has 25 heavy (non-hydrogen) atoms. The minimum absolute atomic E-state index is 0.295. The summed E-state index contributed by atoms with van der Waals surface area (Å²) in [6.07, 6.45) is 3.38. The monoisotopic (exact) mass is 343 g/mol. The molecule has 2 aromatic rings. The number of fused-ring (bicyclic) bond motifs is 3. The second-order valence-corrected chi connectivity index (χ2v) is 6.26. The van der Waals surface area contributed by atoms with Gasteiger partial charge in [0.1, 0.15) is 12.3 Å². The largest absolute Gasteiger partial charge is 0.486 e. The fourth-order valence-corrected chi connectivity index (χ4v) is 2.91. The smallest absolute Gasteiger partial charge is 0.411 e. The SMILES string of the molecule is CCCCOC(=O)Nc1cccc2c1OCc1cn(C3COC3)nc1-2. The molecule has 1 N–H and O–H groups in total. The summed E-state index contributed by atoms with van der Waals surface area (Å²) in [7, 11) is 0. The van der Waals surface area contributed by atoms with E-state index in [1.54, 1.807) is 0 Å². The number of nitrogens with one attached hydrogen (secondary N) is 1. The average Bonchev–Trinajstić information content (AvgIpc) is 2.97. The third kappa shape index (κ3) is 3.07. The van der Waals surface area contributed by atoms with Crippen LogP contribution in [0.2, 0.25) is 0 Å². The van der Waals surface area contributed by atoms with Crippen LogP contribution < -0.4 is 10.1 Å². The molecule has 1 amide bonds. The number of anilines is 1. The summed E-state index contributed by atoms with van der Waals surface area (Å²) in [5.74, 6) is 0.637. The van der Waals surface area contributed by atoms with E-state index in [9.17, 15) is 4.79 Å². The third-order valence-electron chi connectivity index (χ3n) is 4.41. The zero-order valence-corrected chi connectivity index (χ0v) is 14.2. The number of nitrogens with zero attached hydrogens (tertiary/aromatic N) is 2. The molecule has 0 spiro atoms. The lowest BCUT2D eigenvalue weighted by molar-refractivity contribution is -0.0285. The molecular formula is C18H21N3O4. The van der Waals surface area contributed by atoms with Crippen LogP contribution in [0.5, 0.6) is 5.75 Å². The number of unbranched alkanes of at least 4 members (excludes halogenated alkanes) is 1. The summed E-state index contributed by atoms with van der Waals surface area (Å²) in [5, 5.41) is 7.48. The van der Waals surface area contributed by atoms with Crippen molar-refractivity contribution in [2.45, 2.75) is 32.4 Å². The minimum Gasteiger partial charge on any atom is -0.486 e. The van der Waals surface area contributed by atoms with Crippen LogP contribution in [0.4, 0.5) is 10.5 Å². The van der Waals surface area contributed by atoms with Crippen LogP contribution in [0.25, 0.3) is 11.3 Å². The van der Waals surface area contributed by atoms with Crippen LogP contribution in [-0.4, -0.2) is 35.7 Å². The van der Waals surface area contributed by atoms with Crippen LogP contribution >= 0.6 is 0 Å². The van der Waals surface area contributed by atoms with Crippen LogP contribution in [-0.2, 0) is 16.1 Å². The second-order valence-electron chi connectivity index (χ2n) is 6.26. The van der Waals surface area contributed by atoms with Crippen molar-refractivity contribution in [3.05, 3.63) is 30.0 Å². The predicted molar refractivity (Wildman–Crippen MR) is 91.7 cm³/mol. The summed E-state index contributed by atoms with van der Waals surface area (Å²) >= 11 is 0. The van der Waals surface area contributed by atoms with Gasteiger partial charge in [-0.15, -0.1) is 0 Å². The highest BCUT2D eigenvalue weighted by Gasteiger charge is 2.28. The van der Waals surface area contributed by atoms with Crippen molar-refractivity contribution in [3.63, 3.8) is 0 Å². The van der Waals surface area contributed by atoms with Gasteiger partial charge in [0, 0.05) is 17.3 Å². The number of rotatable bonds is 5. The first kappa shape index (κ1) is 16.0. The normalized spacial score (nSPS) is 15.6. The van der Waals surface area contributed by atoms with Gasteiger partial charge < -0.3 is 14.2 Å². The van der Waals surface area contributed by atoms with Crippen molar-refractivity contribution in [1.29, 1.82) is 0 Å². The third-order valence-corrected chi connectivity index (χ3v) is 4.41. The van der Waals surface area contributed by atoms with Gasteiger partial charge in [-0.2, -0.15) is 5.10 Å². The van der Waals surface area contributed by atoms with E-state index in [0.29, 0.717) is 43.9 Å². The van der Waals surface area contributed by atoms with Gasteiger partial charge in [0.25, 0.3) is 0 Å². The number of ether oxygens (including phenoxy) is 3. The summed E-state index contributed by atoms with van der Waals surface area (Å²) < 4.78 is 18.3. The molecule has 7 heteroatoms. The summed E-state index contributed by atoms with van der Waals surface area (Å²) in [5.41, 5.74) is 3.43. The van der Waals surface area contributed by atoms with Gasteiger partial charge in [0.15, 0.2) is 5.75 Å². The van der Waals surface area contributed by atoms with E-state index in [4.69, 9.17) is 19.3 Å². The number of benzene rings is 1. The van der Waals surface area contributed by atoms with Gasteiger partial charge in [0.2, 0.25) is 0 Å². The van der Waals surface area contributed by atoms with Gasteiger partial charge in [-0.1, -0.05) is 19.4 Å². The maximum absolute atomic E-state index is 11.9. The van der Waals surface area contributed by atoms with Crippen LogP contribution in [0.3, 0.4) is 0 Å². The molecule has 0 unspecified atom stereocenters. The maximum Gasteiger partial charge on any atom is 0.411 e. The number of carbonyl (C=O) groups is 1. The van der Waals surface area contributed by atoms with Crippen molar-refractivity contribution in [2.24, 2.45) is 0 Å². The predicted octanol–water partition coefficient (Wildman–Crippen LogP) is 3.36. The number of para-hydroxylation sites is 1. The highest BCUT2D eigenvalue weighted by molar-refractivity contribution is 5.90. The molecule has 4 rings (SSSR count). The average molecular weight is 343 g/mol. The molecule has 0 atom stereocenters. The van der Waals surface area contributed by atoms with E-state index in [1.165, 1.54) is 0 Å². The van der Waals surface area contributed by atoms with E-state index >= 15 is 0 Å². The first-order valence-corrected chi connectivity index (χ1v) is 8.62. The summed E-state index contributed by atoms with van der Waals surface area (Å²) in [4.78, 5) is 11.9. The Balaban J connectivity index is 1.56. The van der Waals surface area contributed by atoms with Crippen LogP contribution in [0, 0.1) is 0 Å². The van der Waals surface area contributed by atoms with Crippen LogP contribution in [0.15, 0.2) is 24.4 Å². The van der Waals surface area contributed by atoms with Crippen molar-refractivity contribution < 1.29 is 19.0 Å². The Hall–Kier alpha value is -2.54. The Morgan fingerprint density at radius 2 is 2.32 bits per heavy atom. The van der Waals surface area contributed by atoms with E-state index in [0.717, 1.165) is 29.7 Å². The second kappa shape index (κ2) is 6.76. The van der Waals surface area contributed by atoms with E-state index in [1.807, 2.05) is 29.1 Å². The summed E-state index contributed by atoms with van der Waals surface area (Å²) in [6, 6.07) is 5.94. The molecule has 1 saturated heterocycles. The standard InChI is InChI=1S/C18H21N3O4/c1-2-3-7-24-18(22)19-15-6-4-5-14-16-12(9-25-17(14)15)8-21(20-16)13-10-23-11-13/h4-6,8,13H,2-3,7,9-11H2,1H3,(H,19,22). The zero-order chi connectivity index (χ0) is 17.2. The molecule has 3 heterocycles. The summed E-state index contributed by atoms with van der Waals surface area (Å²) in [6.45, 7) is 4.28. The molecule has 0 bridgehead atoms. The molecule has 0 aliphatic carbocycles. The van der Waals surface area contributed by atoms with Crippen molar-refractivity contribution >= 4 is 11.8 Å². The molecular weight excluding hydrogens is 322 g/mol. The fraction of sp³-hybridized carbons (Fsp3) is 0.444. The first-order chi connectivity index (χ1) is 12.3. The van der Waals surface area contributed by atoms with Crippen molar-refractivity contribution in [2.75, 3.05) is 25.1 Å². The van der Waals surface area contributed by atoms with Crippen LogP contribution in [0.1, 0.15) is 31.4 Å². The minimum atomic E-state index is -0.464. The van der Waals surface area contributed by atoms with Crippen molar-refractivity contribution in [1.82, 2.24) is 9.78 Å². The molecule has 2 aliphatic rings. The number of aromatic nitrogens is 2. The Bertz CT molecular complexity index is 783. The number of carbonyl (C=O) groups excluding carboxylic acids is 1. The van der Waals surface area contributed by atoms with E-state index in [-0.39, 0.29) is 0 Å². The Morgan fingerprint density at radius 3 is 3.08 bits per heavy atom. The Kier molecular flexibility index (Phi) is 4.31. The molecule has 1 aromatic carbocycles. The highest BCUT2D eigenvalue weighted by Crippen LogP contribution is 2.42. The molecule has 1 aromatic heterocycles. The molecule has 0 radical (unpaired) electrons. The molecule has 1 fully saturated rings. The first-order valence-electron chi connectivity index (χ1n) is 8.62. The lowest BCUT2D eigenvalue weighted by Gasteiger charge is -2.25. The molecule has 2 aliphatic heterocycles. The van der Waals surface area contributed by atoms with E-state index < -0.39 is 6.09 Å². The molecule has 0 saturated carbocycles. The quantitative estimate of drug-likeness (QED) is 0.843. The van der Waals surface area contributed by atoms with Gasteiger partial charge in [-0.25, -0.2) is 4.79 Å². The maximum atomic E-state index is 11.9. The highest BCUT2D eigenvalue weighted by atomic mass is 16.5. The topological polar surface area (TPSA) is 74.6 Å². The molecule has 7 nitrogen and oxygen atoms in total. The Morgan fingerprint density at radius 1 is 1.44 bits per heavy atom. The van der Waals surface area contributed by atoms with Gasteiger partial charge in [0.05, 0.1) is 31.5 Å². The lowest BCUT2D eigenvalue weighted by Crippen LogP contribution is -2.30. The number of hydrogen-bond donors (Lipinski definition) is 1. The zero-order valence-electron chi connectivity index (χ0n) is 14.2. The van der Waals surface area contributed by atoms with Crippen molar-refractivity contribution in [3.8, 4) is 17.0 Å². The molecule has 132 valence electrons. The lowest BCUT2D eigenvalue weighted by atomic mass is 10.0. The van der Waals surface area contributed by atoms with E-state index in [2.05, 4.69) is 12.2 Å². The number of hydrogen-bond acceptors (Lipinski definition) is 5. The van der Waals surface area contributed by atoms with Gasteiger partial charge in [-0.3, -0.25) is 10.00 Å².